The molecule has 0 radical (unpaired) electrons. The van der Waals surface area contributed by atoms with Crippen LogP contribution in [0.25, 0.3) is 0 Å². The van der Waals surface area contributed by atoms with Crippen molar-refractivity contribution < 1.29 is 4.39 Å². The van der Waals surface area contributed by atoms with Gasteiger partial charge < -0.3 is 0 Å². The van der Waals surface area contributed by atoms with Crippen LogP contribution in [0.1, 0.15) is 5.56 Å². The molecule has 0 fully saturated rings. The van der Waals surface area contributed by atoms with Crippen LogP contribution < -0.4 is 0 Å². The highest BCUT2D eigenvalue weighted by atomic mass is 79.9. The van der Waals surface area contributed by atoms with Gasteiger partial charge in [0, 0.05) is 4.47 Å². The fraction of sp³-hybridized carbons (Fsp3) is 0.125. The van der Waals surface area contributed by atoms with Gasteiger partial charge in [-0.25, -0.2) is 4.39 Å². The first-order chi connectivity index (χ1) is 5.22. The molecule has 0 spiro atoms. The van der Waals surface area contributed by atoms with Crippen molar-refractivity contribution in [1.82, 2.24) is 0 Å². The van der Waals surface area contributed by atoms with Crippen LogP contribution in [0.4, 0.5) is 4.39 Å². The Morgan fingerprint density at radius 2 is 2.18 bits per heavy atom. The molecule has 0 heterocycles. The van der Waals surface area contributed by atoms with E-state index in [9.17, 15) is 4.39 Å². The fourth-order valence-corrected chi connectivity index (χ4v) is 1.32. The molecule has 1 nitrogen and oxygen atoms in total. The number of nitriles is 1. The maximum atomic E-state index is 12.6. The summed E-state index contributed by atoms with van der Waals surface area (Å²) in [6, 6.07) is 6.40. The molecule has 0 unspecified atom stereocenters. The minimum absolute atomic E-state index is 0.246. The van der Waals surface area contributed by atoms with Crippen molar-refractivity contribution in [2.75, 3.05) is 0 Å². The van der Waals surface area contributed by atoms with Gasteiger partial charge in [0.15, 0.2) is 0 Å². The number of hydrogen-bond donors (Lipinski definition) is 0. The summed E-state index contributed by atoms with van der Waals surface area (Å²) in [6.07, 6.45) is 0.246. The summed E-state index contributed by atoms with van der Waals surface area (Å²) >= 11 is 3.13. The third-order valence-corrected chi connectivity index (χ3v) is 1.66. The minimum Gasteiger partial charge on any atom is -0.207 e. The minimum atomic E-state index is -0.315. The molecule has 0 aliphatic rings. The lowest BCUT2D eigenvalue weighted by molar-refractivity contribution is 0.625. The highest BCUT2D eigenvalue weighted by molar-refractivity contribution is 9.10. The SMILES string of the molecule is N#CCc1cc(F)cc(Br)c1. The maximum absolute atomic E-state index is 12.6. The van der Waals surface area contributed by atoms with Gasteiger partial charge in [-0.3, -0.25) is 0 Å². The Kier molecular flexibility index (Phi) is 2.61. The van der Waals surface area contributed by atoms with E-state index in [2.05, 4.69) is 15.9 Å². The van der Waals surface area contributed by atoms with E-state index in [1.807, 2.05) is 6.07 Å². The third-order valence-electron chi connectivity index (χ3n) is 1.21. The first-order valence-corrected chi connectivity index (χ1v) is 3.83. The predicted octanol–water partition coefficient (Wildman–Crippen LogP) is 2.65. The molecule has 0 aromatic heterocycles. The van der Waals surface area contributed by atoms with Gasteiger partial charge in [-0.1, -0.05) is 15.9 Å². The largest absolute Gasteiger partial charge is 0.207 e. The van der Waals surface area contributed by atoms with E-state index < -0.39 is 0 Å². The average Bonchev–Trinajstić information content (AvgIpc) is 1.85. The van der Waals surface area contributed by atoms with Gasteiger partial charge in [-0.2, -0.15) is 5.26 Å². The van der Waals surface area contributed by atoms with Crippen LogP contribution in [-0.4, -0.2) is 0 Å². The third kappa shape index (κ3) is 2.32. The summed E-state index contributed by atoms with van der Waals surface area (Å²) in [6.45, 7) is 0. The highest BCUT2D eigenvalue weighted by Crippen LogP contribution is 2.14. The van der Waals surface area contributed by atoms with Gasteiger partial charge in [0.05, 0.1) is 12.5 Å². The zero-order valence-electron chi connectivity index (χ0n) is 5.64. The summed E-state index contributed by atoms with van der Waals surface area (Å²) in [5, 5.41) is 8.31. The Labute approximate surface area is 72.6 Å². The predicted molar refractivity (Wildman–Crippen MR) is 43.4 cm³/mol. The molecule has 0 aliphatic carbocycles. The van der Waals surface area contributed by atoms with Crippen molar-refractivity contribution in [2.45, 2.75) is 6.42 Å². The Balaban J connectivity index is 3.01. The lowest BCUT2D eigenvalue weighted by Gasteiger charge is -1.95. The highest BCUT2D eigenvalue weighted by Gasteiger charge is 1.97. The molecule has 0 N–H and O–H groups in total. The number of rotatable bonds is 1. The molecule has 0 aliphatic heterocycles. The molecular weight excluding hydrogens is 209 g/mol. The van der Waals surface area contributed by atoms with E-state index in [1.54, 1.807) is 6.07 Å². The summed E-state index contributed by atoms with van der Waals surface area (Å²) in [4.78, 5) is 0. The molecule has 11 heavy (non-hydrogen) atoms. The first kappa shape index (κ1) is 8.22. The molecule has 0 saturated carbocycles. The standard InChI is InChI=1S/C8H5BrFN/c9-7-3-6(1-2-11)4-8(10)5-7/h3-5H,1H2. The average molecular weight is 214 g/mol. The van der Waals surface area contributed by atoms with Gasteiger partial charge in [0.2, 0.25) is 0 Å². The molecule has 1 rings (SSSR count). The molecule has 0 amide bonds. The number of halogens is 2. The second-order valence-electron chi connectivity index (χ2n) is 2.11. The molecule has 0 bridgehead atoms. The van der Waals surface area contributed by atoms with Crippen LogP contribution >= 0.6 is 15.9 Å². The van der Waals surface area contributed by atoms with Crippen LogP contribution in [0.3, 0.4) is 0 Å². The van der Waals surface area contributed by atoms with E-state index in [0.717, 1.165) is 0 Å². The normalized spacial score (nSPS) is 9.18. The van der Waals surface area contributed by atoms with Crippen molar-refractivity contribution in [1.29, 1.82) is 5.26 Å². The maximum Gasteiger partial charge on any atom is 0.124 e. The molecule has 3 heteroatoms. The molecular formula is C8H5BrFN. The van der Waals surface area contributed by atoms with Gasteiger partial charge in [-0.05, 0) is 23.8 Å². The first-order valence-electron chi connectivity index (χ1n) is 3.04. The lowest BCUT2D eigenvalue weighted by atomic mass is 10.2. The van der Waals surface area contributed by atoms with Crippen molar-refractivity contribution in [3.8, 4) is 6.07 Å². The lowest BCUT2D eigenvalue weighted by Crippen LogP contribution is -1.83. The van der Waals surface area contributed by atoms with E-state index in [1.165, 1.54) is 12.1 Å². The number of benzene rings is 1. The van der Waals surface area contributed by atoms with Crippen LogP contribution in [0.2, 0.25) is 0 Å². The smallest absolute Gasteiger partial charge is 0.124 e. The summed E-state index contributed by atoms with van der Waals surface area (Å²) < 4.78 is 13.3. The molecule has 1 aromatic carbocycles. The van der Waals surface area contributed by atoms with Crippen LogP contribution in [0, 0.1) is 17.1 Å². The van der Waals surface area contributed by atoms with Crippen molar-refractivity contribution in [3.05, 3.63) is 34.1 Å². The van der Waals surface area contributed by atoms with E-state index in [4.69, 9.17) is 5.26 Å². The van der Waals surface area contributed by atoms with Gasteiger partial charge >= 0.3 is 0 Å². The monoisotopic (exact) mass is 213 g/mol. The van der Waals surface area contributed by atoms with E-state index >= 15 is 0 Å². The molecule has 0 saturated heterocycles. The Hall–Kier alpha value is -0.880. The van der Waals surface area contributed by atoms with Gasteiger partial charge in [0.25, 0.3) is 0 Å². The van der Waals surface area contributed by atoms with E-state index in [-0.39, 0.29) is 12.2 Å². The number of nitrogens with zero attached hydrogens (tertiary/aromatic N) is 1. The topological polar surface area (TPSA) is 23.8 Å². The Morgan fingerprint density at radius 1 is 1.45 bits per heavy atom. The summed E-state index contributed by atoms with van der Waals surface area (Å²) in [5.41, 5.74) is 0.694. The zero-order valence-corrected chi connectivity index (χ0v) is 7.23. The fourth-order valence-electron chi connectivity index (χ4n) is 0.804. The van der Waals surface area contributed by atoms with Crippen LogP contribution in [0.15, 0.2) is 22.7 Å². The second-order valence-corrected chi connectivity index (χ2v) is 3.03. The van der Waals surface area contributed by atoms with Crippen molar-refractivity contribution >= 4 is 15.9 Å². The second kappa shape index (κ2) is 3.49. The van der Waals surface area contributed by atoms with Gasteiger partial charge in [-0.15, -0.1) is 0 Å². The molecule has 0 atom stereocenters. The van der Waals surface area contributed by atoms with Crippen molar-refractivity contribution in [2.24, 2.45) is 0 Å². The Bertz CT molecular complexity index is 283. The van der Waals surface area contributed by atoms with Crippen LogP contribution in [0.5, 0.6) is 0 Å². The molecule has 1 aromatic rings. The van der Waals surface area contributed by atoms with Gasteiger partial charge in [0.1, 0.15) is 5.82 Å². The van der Waals surface area contributed by atoms with E-state index in [0.29, 0.717) is 10.0 Å². The summed E-state index contributed by atoms with van der Waals surface area (Å²) in [7, 11) is 0. The van der Waals surface area contributed by atoms with Crippen LogP contribution in [-0.2, 0) is 6.42 Å². The number of hydrogen-bond acceptors (Lipinski definition) is 1. The Morgan fingerprint density at radius 3 is 2.73 bits per heavy atom. The summed E-state index contributed by atoms with van der Waals surface area (Å²) in [5.74, 6) is -0.315. The van der Waals surface area contributed by atoms with Crippen molar-refractivity contribution in [3.63, 3.8) is 0 Å². The molecule has 56 valence electrons. The zero-order chi connectivity index (χ0) is 8.27. The quantitative estimate of drug-likeness (QED) is 0.704.